The van der Waals surface area contributed by atoms with E-state index in [4.69, 9.17) is 16.0 Å². The van der Waals surface area contributed by atoms with E-state index in [1.165, 1.54) is 11.2 Å². The number of anilines is 2. The second-order valence-electron chi connectivity index (χ2n) is 8.50. The van der Waals surface area contributed by atoms with Crippen molar-refractivity contribution in [1.29, 1.82) is 0 Å². The van der Waals surface area contributed by atoms with Crippen molar-refractivity contribution < 1.29 is 19.1 Å². The number of hydrogen-bond acceptors (Lipinski definition) is 6. The molecule has 8 heteroatoms. The minimum absolute atomic E-state index is 0.0367. The summed E-state index contributed by atoms with van der Waals surface area (Å²) < 4.78 is 5.60. The highest BCUT2D eigenvalue weighted by atomic mass is 35.5. The van der Waals surface area contributed by atoms with Crippen molar-refractivity contribution in [2.75, 3.05) is 43.0 Å². The number of furan rings is 1. The molecule has 1 amide bonds. The lowest BCUT2D eigenvalue weighted by atomic mass is 9.99. The fourth-order valence-corrected chi connectivity index (χ4v) is 4.69. The van der Waals surface area contributed by atoms with Crippen molar-refractivity contribution in [1.82, 2.24) is 4.90 Å². The molecule has 2 fully saturated rings. The van der Waals surface area contributed by atoms with E-state index < -0.39 is 17.7 Å². The van der Waals surface area contributed by atoms with E-state index in [0.29, 0.717) is 22.0 Å². The fraction of sp³-hybridized carbons (Fsp3) is 0.231. The van der Waals surface area contributed by atoms with Crippen LogP contribution in [0.5, 0.6) is 0 Å². The Hall–Kier alpha value is -3.55. The molecule has 0 saturated carbocycles. The van der Waals surface area contributed by atoms with Crippen LogP contribution < -0.4 is 9.80 Å². The molecule has 7 nitrogen and oxygen atoms in total. The topological polar surface area (TPSA) is 77.2 Å². The lowest BCUT2D eigenvalue weighted by Gasteiger charge is -2.34. The number of aliphatic hydroxyl groups is 1. The summed E-state index contributed by atoms with van der Waals surface area (Å²) in [4.78, 5) is 32.3. The second-order valence-corrected chi connectivity index (χ2v) is 8.94. The number of carbonyl (C=O) groups is 2. The summed E-state index contributed by atoms with van der Waals surface area (Å²) in [5.74, 6) is -1.41. The maximum atomic E-state index is 13.2. The molecular weight excluding hydrogens is 454 g/mol. The van der Waals surface area contributed by atoms with Crippen molar-refractivity contribution in [2.24, 2.45) is 0 Å². The molecule has 2 aliphatic rings. The van der Waals surface area contributed by atoms with Crippen molar-refractivity contribution in [3.8, 4) is 0 Å². The van der Waals surface area contributed by atoms with Gasteiger partial charge in [-0.1, -0.05) is 23.7 Å². The molecule has 2 aromatic carbocycles. The zero-order chi connectivity index (χ0) is 23.8. The number of likely N-dealkylation sites (N-methyl/N-ethyl adjacent to an activating group) is 1. The van der Waals surface area contributed by atoms with Gasteiger partial charge >= 0.3 is 0 Å². The van der Waals surface area contributed by atoms with Crippen LogP contribution in [0.25, 0.3) is 5.76 Å². The van der Waals surface area contributed by atoms with Gasteiger partial charge < -0.3 is 19.3 Å². The monoisotopic (exact) mass is 477 g/mol. The summed E-state index contributed by atoms with van der Waals surface area (Å²) in [6.07, 6.45) is 1.48. The summed E-state index contributed by atoms with van der Waals surface area (Å²) in [5, 5.41) is 11.5. The molecule has 1 atom stereocenters. The van der Waals surface area contributed by atoms with E-state index >= 15 is 0 Å². The number of amides is 1. The van der Waals surface area contributed by atoms with Gasteiger partial charge in [0.2, 0.25) is 0 Å². The Morgan fingerprint density at radius 3 is 2.32 bits per heavy atom. The van der Waals surface area contributed by atoms with E-state index in [1.54, 1.807) is 36.4 Å². The third-order valence-corrected chi connectivity index (χ3v) is 6.59. The lowest BCUT2D eigenvalue weighted by Crippen LogP contribution is -2.44. The molecule has 174 valence electrons. The van der Waals surface area contributed by atoms with E-state index in [1.807, 2.05) is 24.3 Å². The Morgan fingerprint density at radius 1 is 0.971 bits per heavy atom. The maximum Gasteiger partial charge on any atom is 0.300 e. The first-order chi connectivity index (χ1) is 16.4. The van der Waals surface area contributed by atoms with Gasteiger partial charge in [-0.3, -0.25) is 14.5 Å². The quantitative estimate of drug-likeness (QED) is 0.343. The minimum Gasteiger partial charge on any atom is -0.507 e. The van der Waals surface area contributed by atoms with Crippen LogP contribution in [0, 0.1) is 0 Å². The Labute approximate surface area is 202 Å². The van der Waals surface area contributed by atoms with Gasteiger partial charge in [-0.2, -0.15) is 0 Å². The van der Waals surface area contributed by atoms with Crippen molar-refractivity contribution in [2.45, 2.75) is 6.04 Å². The summed E-state index contributed by atoms with van der Waals surface area (Å²) in [5.41, 5.74) is 1.92. The van der Waals surface area contributed by atoms with Gasteiger partial charge in [0.05, 0.1) is 11.8 Å². The van der Waals surface area contributed by atoms with Crippen LogP contribution in [0.4, 0.5) is 11.4 Å². The minimum atomic E-state index is -0.900. The first-order valence-corrected chi connectivity index (χ1v) is 11.5. The van der Waals surface area contributed by atoms with Crippen LogP contribution in [-0.2, 0) is 9.59 Å². The van der Waals surface area contributed by atoms with Crippen LogP contribution in [-0.4, -0.2) is 54.9 Å². The SMILES string of the molecule is CN1CCN(c2ccc(N3C(=O)C(=O)/C(=C(\O)c4cccc(Cl)c4)C3c3ccco3)cc2)CC1. The smallest absolute Gasteiger partial charge is 0.300 e. The first kappa shape index (κ1) is 22.3. The standard InChI is InChI=1S/C26H24ClN3O4/c1-28-11-13-29(14-12-28)19-7-9-20(10-8-19)30-23(21-6-3-15-34-21)22(25(32)26(30)33)24(31)17-4-2-5-18(27)16-17/h2-10,15-16,23,31H,11-14H2,1H3/b24-22-. The number of nitrogens with zero attached hydrogens (tertiary/aromatic N) is 3. The molecule has 0 bridgehead atoms. The van der Waals surface area contributed by atoms with E-state index in [9.17, 15) is 14.7 Å². The second kappa shape index (κ2) is 9.00. The Balaban J connectivity index is 1.55. The van der Waals surface area contributed by atoms with Crippen LogP contribution in [0.2, 0.25) is 5.02 Å². The molecule has 1 N–H and O–H groups in total. The van der Waals surface area contributed by atoms with Gasteiger partial charge in [-0.15, -0.1) is 0 Å². The van der Waals surface area contributed by atoms with E-state index in [2.05, 4.69) is 16.8 Å². The Bertz CT molecular complexity index is 1250. The van der Waals surface area contributed by atoms with Crippen LogP contribution in [0.15, 0.2) is 76.9 Å². The van der Waals surface area contributed by atoms with Crippen LogP contribution in [0.1, 0.15) is 17.4 Å². The zero-order valence-electron chi connectivity index (χ0n) is 18.6. The molecule has 1 unspecified atom stereocenters. The van der Waals surface area contributed by atoms with Gasteiger partial charge in [0.15, 0.2) is 0 Å². The van der Waals surface area contributed by atoms with Gasteiger partial charge in [0.1, 0.15) is 17.6 Å². The van der Waals surface area contributed by atoms with E-state index in [-0.39, 0.29) is 11.3 Å². The molecule has 2 aliphatic heterocycles. The third kappa shape index (κ3) is 3.97. The number of Topliss-reactive ketones (excluding diaryl/α,β-unsaturated/α-hetero) is 1. The van der Waals surface area contributed by atoms with E-state index in [0.717, 1.165) is 31.9 Å². The predicted octanol–water partition coefficient (Wildman–Crippen LogP) is 4.31. The third-order valence-electron chi connectivity index (χ3n) is 6.35. The highest BCUT2D eigenvalue weighted by Crippen LogP contribution is 2.42. The van der Waals surface area contributed by atoms with Gasteiger partial charge in [0.25, 0.3) is 11.7 Å². The molecule has 2 saturated heterocycles. The van der Waals surface area contributed by atoms with Crippen molar-refractivity contribution >= 4 is 40.4 Å². The molecule has 3 aromatic rings. The molecule has 34 heavy (non-hydrogen) atoms. The summed E-state index contributed by atoms with van der Waals surface area (Å²) in [6, 6.07) is 16.6. The average molecular weight is 478 g/mol. The number of aliphatic hydroxyl groups excluding tert-OH is 1. The largest absolute Gasteiger partial charge is 0.507 e. The van der Waals surface area contributed by atoms with Gasteiger partial charge in [-0.05, 0) is 55.6 Å². The number of halogens is 1. The lowest BCUT2D eigenvalue weighted by molar-refractivity contribution is -0.132. The summed E-state index contributed by atoms with van der Waals surface area (Å²) in [7, 11) is 2.11. The fourth-order valence-electron chi connectivity index (χ4n) is 4.49. The van der Waals surface area contributed by atoms with Crippen molar-refractivity contribution in [3.63, 3.8) is 0 Å². The molecule has 3 heterocycles. The predicted molar refractivity (Wildman–Crippen MR) is 131 cm³/mol. The number of rotatable bonds is 4. The Kier molecular flexibility index (Phi) is 5.89. The van der Waals surface area contributed by atoms with Crippen LogP contribution >= 0.6 is 11.6 Å². The van der Waals surface area contributed by atoms with Crippen LogP contribution in [0.3, 0.4) is 0 Å². The number of piperazine rings is 1. The molecule has 0 radical (unpaired) electrons. The number of hydrogen-bond donors (Lipinski definition) is 1. The Morgan fingerprint density at radius 2 is 1.68 bits per heavy atom. The number of ketones is 1. The zero-order valence-corrected chi connectivity index (χ0v) is 19.4. The first-order valence-electron chi connectivity index (χ1n) is 11.1. The molecule has 5 rings (SSSR count). The number of benzene rings is 2. The van der Waals surface area contributed by atoms with Gasteiger partial charge in [0, 0.05) is 48.1 Å². The highest BCUT2D eigenvalue weighted by Gasteiger charge is 2.48. The average Bonchev–Trinajstić information content (AvgIpc) is 3.46. The maximum absolute atomic E-state index is 13.2. The molecule has 0 aliphatic carbocycles. The van der Waals surface area contributed by atoms with Gasteiger partial charge in [-0.25, -0.2) is 0 Å². The highest BCUT2D eigenvalue weighted by molar-refractivity contribution is 6.51. The summed E-state index contributed by atoms with van der Waals surface area (Å²) in [6.45, 7) is 3.81. The summed E-state index contributed by atoms with van der Waals surface area (Å²) >= 11 is 6.09. The molecular formula is C26H24ClN3O4. The molecule has 1 aromatic heterocycles. The van der Waals surface area contributed by atoms with Crippen molar-refractivity contribution in [3.05, 3.63) is 88.8 Å². The normalized spacial score (nSPS) is 20.8. The number of carbonyl (C=O) groups excluding carboxylic acids is 2. The molecule has 0 spiro atoms.